The standard InChI is InChI=1S/C25H32N2O3/c1-25(2,3)20-12-10-18(11-13-20)24(29)26-15-14-23(28)27-16-6-9-22(27)19-7-5-8-21(17-19)30-4/h5,7-8,10-13,17,22H,6,9,14-16H2,1-4H3,(H,26,29). The van der Waals surface area contributed by atoms with Gasteiger partial charge in [0.25, 0.3) is 5.91 Å². The molecule has 1 aliphatic rings. The molecule has 5 heteroatoms. The molecule has 30 heavy (non-hydrogen) atoms. The van der Waals surface area contributed by atoms with Crippen LogP contribution in [-0.2, 0) is 10.2 Å². The highest BCUT2D eigenvalue weighted by Gasteiger charge is 2.29. The molecule has 0 radical (unpaired) electrons. The van der Waals surface area contributed by atoms with Gasteiger partial charge < -0.3 is 15.0 Å². The van der Waals surface area contributed by atoms with Crippen LogP contribution in [0.5, 0.6) is 5.75 Å². The first-order valence-electron chi connectivity index (χ1n) is 10.6. The number of benzene rings is 2. The first-order valence-corrected chi connectivity index (χ1v) is 10.6. The number of hydrogen-bond donors (Lipinski definition) is 1. The van der Waals surface area contributed by atoms with Gasteiger partial charge in [-0.15, -0.1) is 0 Å². The monoisotopic (exact) mass is 408 g/mol. The molecule has 0 bridgehead atoms. The fourth-order valence-corrected chi connectivity index (χ4v) is 3.91. The quantitative estimate of drug-likeness (QED) is 0.767. The average Bonchev–Trinajstić information content (AvgIpc) is 3.23. The molecule has 0 aromatic heterocycles. The van der Waals surface area contributed by atoms with Crippen LogP contribution >= 0.6 is 0 Å². The van der Waals surface area contributed by atoms with Crippen LogP contribution in [0.25, 0.3) is 0 Å². The molecule has 2 aromatic rings. The summed E-state index contributed by atoms with van der Waals surface area (Å²) in [6, 6.07) is 15.7. The normalized spacial score (nSPS) is 16.4. The molecule has 1 heterocycles. The van der Waals surface area contributed by atoms with Crippen molar-refractivity contribution < 1.29 is 14.3 Å². The van der Waals surface area contributed by atoms with E-state index in [2.05, 4.69) is 26.1 Å². The molecular formula is C25H32N2O3. The zero-order valence-electron chi connectivity index (χ0n) is 18.4. The van der Waals surface area contributed by atoms with Crippen molar-refractivity contribution in [2.24, 2.45) is 0 Å². The van der Waals surface area contributed by atoms with E-state index < -0.39 is 0 Å². The molecule has 0 saturated carbocycles. The molecule has 1 unspecified atom stereocenters. The van der Waals surface area contributed by atoms with Crippen LogP contribution in [0.4, 0.5) is 0 Å². The van der Waals surface area contributed by atoms with Crippen molar-refractivity contribution in [3.8, 4) is 5.75 Å². The first-order chi connectivity index (χ1) is 14.3. The Bertz CT molecular complexity index is 884. The van der Waals surface area contributed by atoms with Crippen molar-refractivity contribution in [3.63, 3.8) is 0 Å². The Hall–Kier alpha value is -2.82. The third-order valence-corrected chi connectivity index (χ3v) is 5.69. The summed E-state index contributed by atoms with van der Waals surface area (Å²) in [7, 11) is 1.65. The fraction of sp³-hybridized carbons (Fsp3) is 0.440. The summed E-state index contributed by atoms with van der Waals surface area (Å²) in [5.74, 6) is 0.731. The smallest absolute Gasteiger partial charge is 0.251 e. The molecule has 5 nitrogen and oxygen atoms in total. The minimum Gasteiger partial charge on any atom is -0.497 e. The predicted molar refractivity (Wildman–Crippen MR) is 119 cm³/mol. The highest BCUT2D eigenvalue weighted by Crippen LogP contribution is 2.33. The van der Waals surface area contributed by atoms with Crippen molar-refractivity contribution in [1.82, 2.24) is 10.2 Å². The zero-order chi connectivity index (χ0) is 21.7. The molecule has 2 amide bonds. The van der Waals surface area contributed by atoms with Crippen molar-refractivity contribution in [1.29, 1.82) is 0 Å². The summed E-state index contributed by atoms with van der Waals surface area (Å²) in [4.78, 5) is 27.1. The van der Waals surface area contributed by atoms with E-state index in [4.69, 9.17) is 4.74 Å². The van der Waals surface area contributed by atoms with E-state index in [1.807, 2.05) is 53.4 Å². The summed E-state index contributed by atoms with van der Waals surface area (Å²) in [6.45, 7) is 7.52. The van der Waals surface area contributed by atoms with E-state index in [1.165, 1.54) is 5.56 Å². The molecule has 2 aromatic carbocycles. The lowest BCUT2D eigenvalue weighted by molar-refractivity contribution is -0.132. The molecule has 3 rings (SSSR count). The van der Waals surface area contributed by atoms with Crippen molar-refractivity contribution in [2.75, 3.05) is 20.2 Å². The van der Waals surface area contributed by atoms with E-state index in [0.29, 0.717) is 18.5 Å². The Kier molecular flexibility index (Phi) is 6.80. The highest BCUT2D eigenvalue weighted by molar-refractivity contribution is 5.94. The maximum Gasteiger partial charge on any atom is 0.251 e. The molecule has 1 N–H and O–H groups in total. The van der Waals surface area contributed by atoms with Crippen LogP contribution in [0, 0.1) is 0 Å². The molecule has 0 aliphatic carbocycles. The molecule has 1 fully saturated rings. The van der Waals surface area contributed by atoms with Crippen LogP contribution in [0.3, 0.4) is 0 Å². The largest absolute Gasteiger partial charge is 0.497 e. The number of amides is 2. The predicted octanol–water partition coefficient (Wildman–Crippen LogP) is 4.48. The topological polar surface area (TPSA) is 58.6 Å². The summed E-state index contributed by atoms with van der Waals surface area (Å²) in [5, 5.41) is 2.88. The Morgan fingerprint density at radius 3 is 2.53 bits per heavy atom. The first kappa shape index (κ1) is 21.9. The second-order valence-electron chi connectivity index (χ2n) is 8.86. The van der Waals surface area contributed by atoms with Crippen LogP contribution in [0.1, 0.15) is 67.6 Å². The second-order valence-corrected chi connectivity index (χ2v) is 8.86. The van der Waals surface area contributed by atoms with E-state index >= 15 is 0 Å². The molecule has 1 aliphatic heterocycles. The molecule has 160 valence electrons. The van der Waals surface area contributed by atoms with Crippen molar-refractivity contribution in [3.05, 3.63) is 65.2 Å². The van der Waals surface area contributed by atoms with Crippen LogP contribution in [-0.4, -0.2) is 36.9 Å². The number of nitrogens with zero attached hydrogens (tertiary/aromatic N) is 1. The second kappa shape index (κ2) is 9.33. The summed E-state index contributed by atoms with van der Waals surface area (Å²) in [6.07, 6.45) is 2.23. The van der Waals surface area contributed by atoms with Crippen molar-refractivity contribution >= 4 is 11.8 Å². The SMILES string of the molecule is COc1cccc(C2CCCN2C(=O)CCNC(=O)c2ccc(C(C)(C)C)cc2)c1. The Morgan fingerprint density at radius 1 is 1.13 bits per heavy atom. The third kappa shape index (κ3) is 5.21. The molecule has 1 saturated heterocycles. The van der Waals surface area contributed by atoms with Gasteiger partial charge in [-0.05, 0) is 53.6 Å². The number of carbonyl (C=O) groups excluding carboxylic acids is 2. The van der Waals surface area contributed by atoms with Gasteiger partial charge in [-0.3, -0.25) is 9.59 Å². The van der Waals surface area contributed by atoms with Gasteiger partial charge in [-0.1, -0.05) is 45.0 Å². The zero-order valence-corrected chi connectivity index (χ0v) is 18.4. The van der Waals surface area contributed by atoms with Gasteiger partial charge in [0.15, 0.2) is 0 Å². The number of hydrogen-bond acceptors (Lipinski definition) is 3. The summed E-state index contributed by atoms with van der Waals surface area (Å²) < 4.78 is 5.32. The number of carbonyl (C=O) groups is 2. The van der Waals surface area contributed by atoms with Gasteiger partial charge in [0.1, 0.15) is 5.75 Å². The minimum atomic E-state index is -0.144. The minimum absolute atomic E-state index is 0.0520. The van der Waals surface area contributed by atoms with Crippen LogP contribution in [0.15, 0.2) is 48.5 Å². The van der Waals surface area contributed by atoms with E-state index in [0.717, 1.165) is 30.7 Å². The number of ether oxygens (including phenoxy) is 1. The van der Waals surface area contributed by atoms with Gasteiger partial charge >= 0.3 is 0 Å². The lowest BCUT2D eigenvalue weighted by Crippen LogP contribution is -2.34. The van der Waals surface area contributed by atoms with Crippen LogP contribution in [0.2, 0.25) is 0 Å². The number of likely N-dealkylation sites (tertiary alicyclic amines) is 1. The van der Waals surface area contributed by atoms with E-state index in [1.54, 1.807) is 7.11 Å². The maximum atomic E-state index is 12.8. The Balaban J connectivity index is 1.54. The molecular weight excluding hydrogens is 376 g/mol. The Morgan fingerprint density at radius 2 is 1.87 bits per heavy atom. The van der Waals surface area contributed by atoms with Gasteiger partial charge in [0.05, 0.1) is 13.2 Å². The van der Waals surface area contributed by atoms with Gasteiger partial charge in [0, 0.05) is 25.1 Å². The number of methoxy groups -OCH3 is 1. The highest BCUT2D eigenvalue weighted by atomic mass is 16.5. The van der Waals surface area contributed by atoms with E-state index in [-0.39, 0.29) is 23.3 Å². The average molecular weight is 409 g/mol. The molecule has 0 spiro atoms. The Labute approximate surface area is 179 Å². The summed E-state index contributed by atoms with van der Waals surface area (Å²) >= 11 is 0. The van der Waals surface area contributed by atoms with Crippen LogP contribution < -0.4 is 10.1 Å². The van der Waals surface area contributed by atoms with Gasteiger partial charge in [0.2, 0.25) is 5.91 Å². The van der Waals surface area contributed by atoms with Gasteiger partial charge in [-0.2, -0.15) is 0 Å². The molecule has 1 atom stereocenters. The number of nitrogens with one attached hydrogen (secondary N) is 1. The summed E-state index contributed by atoms with van der Waals surface area (Å²) in [5.41, 5.74) is 2.96. The van der Waals surface area contributed by atoms with Crippen molar-refractivity contribution in [2.45, 2.75) is 51.5 Å². The number of rotatable bonds is 6. The lowest BCUT2D eigenvalue weighted by atomic mass is 9.87. The lowest BCUT2D eigenvalue weighted by Gasteiger charge is -2.25. The fourth-order valence-electron chi connectivity index (χ4n) is 3.91. The third-order valence-electron chi connectivity index (χ3n) is 5.69. The van der Waals surface area contributed by atoms with Gasteiger partial charge in [-0.25, -0.2) is 0 Å². The maximum absolute atomic E-state index is 12.8. The van der Waals surface area contributed by atoms with E-state index in [9.17, 15) is 9.59 Å².